The maximum absolute atomic E-state index is 8.74. The van der Waals surface area contributed by atoms with Crippen molar-refractivity contribution in [2.45, 2.75) is 12.2 Å². The van der Waals surface area contributed by atoms with E-state index in [1.165, 1.54) is 17.3 Å². The number of aliphatic imine (C=N–C) groups is 1. The van der Waals surface area contributed by atoms with Crippen molar-refractivity contribution in [3.05, 3.63) is 71.3 Å². The molecule has 0 aliphatic carbocycles. The molecule has 0 aromatic heterocycles. The van der Waals surface area contributed by atoms with Crippen LogP contribution >= 0.6 is 11.8 Å². The van der Waals surface area contributed by atoms with Crippen molar-refractivity contribution >= 4 is 16.9 Å². The third-order valence-corrected chi connectivity index (χ3v) is 3.88. The molecular formula is C17H17N3S. The third-order valence-electron chi connectivity index (χ3n) is 2.98. The Bertz CT molecular complexity index is 627. The number of nitrogens with zero attached hydrogens (tertiary/aromatic N) is 2. The number of hydrogen-bond donors (Lipinski definition) is 1. The first-order valence-corrected chi connectivity index (χ1v) is 7.72. The van der Waals surface area contributed by atoms with Crippen molar-refractivity contribution in [3.63, 3.8) is 0 Å². The van der Waals surface area contributed by atoms with Gasteiger partial charge in [0.05, 0.1) is 11.6 Å². The van der Waals surface area contributed by atoms with E-state index in [2.05, 4.69) is 23.2 Å². The second kappa shape index (κ2) is 8.13. The van der Waals surface area contributed by atoms with Gasteiger partial charge >= 0.3 is 0 Å². The van der Waals surface area contributed by atoms with E-state index in [4.69, 9.17) is 11.0 Å². The highest BCUT2D eigenvalue weighted by atomic mass is 32.2. The Morgan fingerprint density at radius 1 is 1.05 bits per heavy atom. The average molecular weight is 295 g/mol. The number of thioether (sulfide) groups is 1. The Balaban J connectivity index is 1.77. The van der Waals surface area contributed by atoms with Gasteiger partial charge in [-0.15, -0.1) is 0 Å². The quantitative estimate of drug-likeness (QED) is 0.679. The van der Waals surface area contributed by atoms with Crippen molar-refractivity contribution in [2.75, 3.05) is 6.54 Å². The molecule has 0 saturated heterocycles. The summed E-state index contributed by atoms with van der Waals surface area (Å²) in [7, 11) is 0. The summed E-state index contributed by atoms with van der Waals surface area (Å²) in [5.41, 5.74) is 8.99. The Labute approximate surface area is 129 Å². The predicted molar refractivity (Wildman–Crippen MR) is 89.1 cm³/mol. The van der Waals surface area contributed by atoms with E-state index in [-0.39, 0.29) is 0 Å². The van der Waals surface area contributed by atoms with E-state index in [1.54, 1.807) is 0 Å². The summed E-state index contributed by atoms with van der Waals surface area (Å²) in [6.07, 6.45) is 0.902. The van der Waals surface area contributed by atoms with Crippen LogP contribution in [0.5, 0.6) is 0 Å². The number of rotatable bonds is 5. The summed E-state index contributed by atoms with van der Waals surface area (Å²) in [6.45, 7) is 0.705. The van der Waals surface area contributed by atoms with Crippen LogP contribution in [0.4, 0.5) is 0 Å². The molecule has 2 N–H and O–H groups in total. The maximum Gasteiger partial charge on any atom is 0.154 e. The van der Waals surface area contributed by atoms with Crippen LogP contribution in [0.25, 0.3) is 0 Å². The number of hydrogen-bond acceptors (Lipinski definition) is 3. The molecule has 0 aliphatic rings. The first-order chi connectivity index (χ1) is 10.3. The van der Waals surface area contributed by atoms with E-state index in [1.807, 2.05) is 42.5 Å². The molecule has 0 fully saturated rings. The zero-order chi connectivity index (χ0) is 14.9. The van der Waals surface area contributed by atoms with E-state index < -0.39 is 0 Å². The van der Waals surface area contributed by atoms with Gasteiger partial charge < -0.3 is 5.73 Å². The Kier molecular flexibility index (Phi) is 5.86. The standard InChI is InChI=1S/C17H17N3S/c18-12-15-6-8-16(9-7-15)13-21-17(19)20-11-10-14-4-2-1-3-5-14/h1-9H,10-11,13H2,(H2,19,20). The zero-order valence-corrected chi connectivity index (χ0v) is 12.5. The van der Waals surface area contributed by atoms with Crippen LogP contribution < -0.4 is 5.73 Å². The van der Waals surface area contributed by atoms with Gasteiger partial charge in [0.25, 0.3) is 0 Å². The summed E-state index contributed by atoms with van der Waals surface area (Å²) in [6, 6.07) is 19.9. The van der Waals surface area contributed by atoms with Gasteiger partial charge in [-0.05, 0) is 29.7 Å². The molecule has 2 aromatic carbocycles. The molecule has 2 rings (SSSR count). The molecule has 0 amide bonds. The van der Waals surface area contributed by atoms with E-state index in [9.17, 15) is 0 Å². The van der Waals surface area contributed by atoms with Gasteiger partial charge in [-0.25, -0.2) is 0 Å². The number of benzene rings is 2. The normalized spacial score (nSPS) is 11.1. The van der Waals surface area contributed by atoms with Crippen LogP contribution in [0.1, 0.15) is 16.7 Å². The smallest absolute Gasteiger partial charge is 0.154 e. The minimum absolute atomic E-state index is 0.607. The fourth-order valence-electron chi connectivity index (χ4n) is 1.82. The lowest BCUT2D eigenvalue weighted by atomic mass is 10.2. The van der Waals surface area contributed by atoms with Gasteiger partial charge in [-0.1, -0.05) is 54.2 Å². The monoisotopic (exact) mass is 295 g/mol. The predicted octanol–water partition coefficient (Wildman–Crippen LogP) is 3.35. The Hall–Kier alpha value is -2.25. The maximum atomic E-state index is 8.74. The summed E-state index contributed by atoms with van der Waals surface area (Å²) >= 11 is 1.52. The molecule has 0 heterocycles. The summed E-state index contributed by atoms with van der Waals surface area (Å²) < 4.78 is 0. The largest absolute Gasteiger partial charge is 0.379 e. The molecule has 2 aromatic rings. The number of nitriles is 1. The van der Waals surface area contributed by atoms with Gasteiger partial charge in [-0.3, -0.25) is 4.99 Å². The summed E-state index contributed by atoms with van der Waals surface area (Å²) in [4.78, 5) is 4.37. The zero-order valence-electron chi connectivity index (χ0n) is 11.7. The molecule has 0 atom stereocenters. The fourth-order valence-corrected chi connectivity index (χ4v) is 2.51. The second-order valence-electron chi connectivity index (χ2n) is 4.55. The van der Waals surface area contributed by atoms with Crippen LogP contribution in [0.3, 0.4) is 0 Å². The highest BCUT2D eigenvalue weighted by Crippen LogP contribution is 2.13. The molecule has 0 unspecified atom stereocenters. The first-order valence-electron chi connectivity index (χ1n) is 6.73. The van der Waals surface area contributed by atoms with Crippen molar-refractivity contribution in [1.82, 2.24) is 0 Å². The van der Waals surface area contributed by atoms with Crippen molar-refractivity contribution in [3.8, 4) is 6.07 Å². The minimum atomic E-state index is 0.607. The molecule has 4 heteroatoms. The molecule has 0 radical (unpaired) electrons. The van der Waals surface area contributed by atoms with Crippen molar-refractivity contribution < 1.29 is 0 Å². The van der Waals surface area contributed by atoms with Gasteiger partial charge in [0.15, 0.2) is 5.17 Å². The molecule has 106 valence electrons. The molecule has 0 aliphatic heterocycles. The van der Waals surface area contributed by atoms with Crippen molar-refractivity contribution in [1.29, 1.82) is 5.26 Å². The molecule has 21 heavy (non-hydrogen) atoms. The Morgan fingerprint density at radius 3 is 2.43 bits per heavy atom. The fraction of sp³-hybridized carbons (Fsp3) is 0.176. The lowest BCUT2D eigenvalue weighted by Gasteiger charge is -2.02. The van der Waals surface area contributed by atoms with Crippen LogP contribution in [0.15, 0.2) is 59.6 Å². The van der Waals surface area contributed by atoms with Gasteiger partial charge in [0.2, 0.25) is 0 Å². The van der Waals surface area contributed by atoms with E-state index in [0.29, 0.717) is 17.3 Å². The van der Waals surface area contributed by atoms with E-state index >= 15 is 0 Å². The van der Waals surface area contributed by atoms with Gasteiger partial charge in [0, 0.05) is 12.3 Å². The molecule has 0 bridgehead atoms. The SMILES string of the molecule is N#Cc1ccc(CSC(N)=NCCc2ccccc2)cc1. The van der Waals surface area contributed by atoms with Crippen LogP contribution in [0.2, 0.25) is 0 Å². The number of amidine groups is 1. The van der Waals surface area contributed by atoms with Crippen LogP contribution in [0, 0.1) is 11.3 Å². The topological polar surface area (TPSA) is 62.2 Å². The lowest BCUT2D eigenvalue weighted by molar-refractivity contribution is 0.970. The second-order valence-corrected chi connectivity index (χ2v) is 5.55. The first kappa shape index (κ1) is 15.1. The highest BCUT2D eigenvalue weighted by molar-refractivity contribution is 8.13. The van der Waals surface area contributed by atoms with E-state index in [0.717, 1.165) is 17.7 Å². The molecule has 0 saturated carbocycles. The summed E-state index contributed by atoms with van der Waals surface area (Å²) in [5.74, 6) is 0.770. The third kappa shape index (κ3) is 5.33. The molecule has 0 spiro atoms. The average Bonchev–Trinajstić information content (AvgIpc) is 2.54. The molecule has 3 nitrogen and oxygen atoms in total. The highest BCUT2D eigenvalue weighted by Gasteiger charge is 1.98. The van der Waals surface area contributed by atoms with Gasteiger partial charge in [0.1, 0.15) is 0 Å². The minimum Gasteiger partial charge on any atom is -0.379 e. The van der Waals surface area contributed by atoms with Crippen LogP contribution in [-0.2, 0) is 12.2 Å². The Morgan fingerprint density at radius 2 is 1.76 bits per heavy atom. The lowest BCUT2D eigenvalue weighted by Crippen LogP contribution is -2.08. The number of nitrogens with two attached hydrogens (primary N) is 1. The molecular weight excluding hydrogens is 278 g/mol. The summed E-state index contributed by atoms with van der Waals surface area (Å²) in [5, 5.41) is 9.35. The van der Waals surface area contributed by atoms with Gasteiger partial charge in [-0.2, -0.15) is 5.26 Å². The van der Waals surface area contributed by atoms with Crippen LogP contribution in [-0.4, -0.2) is 11.7 Å². The van der Waals surface area contributed by atoms with Crippen molar-refractivity contribution in [2.24, 2.45) is 10.7 Å².